The maximum atomic E-state index is 2.52. The molecule has 0 aromatic heterocycles. The van der Waals surface area contributed by atoms with E-state index in [-0.39, 0.29) is 0 Å². The summed E-state index contributed by atoms with van der Waals surface area (Å²) >= 11 is 1.96. The van der Waals surface area contributed by atoms with Gasteiger partial charge in [0.25, 0.3) is 0 Å². The number of rotatable bonds is 10. The van der Waals surface area contributed by atoms with Crippen molar-refractivity contribution < 1.29 is 5.32 Å². The van der Waals surface area contributed by atoms with E-state index in [1.807, 2.05) is 11.8 Å². The summed E-state index contributed by atoms with van der Waals surface area (Å²) in [5, 5.41) is 2.52. The Morgan fingerprint density at radius 2 is 1.93 bits per heavy atom. The lowest BCUT2D eigenvalue weighted by Crippen LogP contribution is -2.89. The summed E-state index contributed by atoms with van der Waals surface area (Å²) < 4.78 is 0. The van der Waals surface area contributed by atoms with E-state index in [2.05, 4.69) is 25.4 Å². The average Bonchev–Trinajstić information content (AvgIpc) is 2.19. The Morgan fingerprint density at radius 1 is 1.14 bits per heavy atom. The predicted octanol–water partition coefficient (Wildman–Crippen LogP) is 2.66. The Bertz CT molecular complexity index is 94.5. The van der Waals surface area contributed by atoms with Gasteiger partial charge in [0.2, 0.25) is 0 Å². The molecule has 0 aliphatic carbocycles. The highest BCUT2D eigenvalue weighted by Gasteiger charge is 2.03. The maximum absolute atomic E-state index is 2.52. The van der Waals surface area contributed by atoms with Crippen LogP contribution < -0.4 is 5.32 Å². The van der Waals surface area contributed by atoms with Crippen molar-refractivity contribution >= 4 is 11.8 Å². The summed E-state index contributed by atoms with van der Waals surface area (Å²) in [7, 11) is 0. The van der Waals surface area contributed by atoms with Crippen molar-refractivity contribution in [1.82, 2.24) is 0 Å². The minimum absolute atomic E-state index is 0.841. The summed E-state index contributed by atoms with van der Waals surface area (Å²) in [5.74, 6) is 1.32. The Balaban J connectivity index is 3.07. The molecule has 1 nitrogen and oxygen atoms in total. The van der Waals surface area contributed by atoms with Gasteiger partial charge in [0.05, 0.1) is 12.6 Å². The molecule has 0 radical (unpaired) electrons. The second kappa shape index (κ2) is 11.4. The molecule has 0 unspecified atom stereocenters. The molecule has 0 aromatic carbocycles. The second-order valence-corrected chi connectivity index (χ2v) is 5.18. The van der Waals surface area contributed by atoms with Crippen LogP contribution in [0.2, 0.25) is 0 Å². The molecule has 0 aromatic rings. The third-order valence-electron chi connectivity index (χ3n) is 2.63. The highest BCUT2D eigenvalue weighted by molar-refractivity contribution is 7.98. The molecule has 0 spiro atoms. The van der Waals surface area contributed by atoms with Crippen molar-refractivity contribution in [3.8, 4) is 0 Å². The fourth-order valence-corrected chi connectivity index (χ4v) is 2.10. The Morgan fingerprint density at radius 3 is 2.57 bits per heavy atom. The molecule has 0 bridgehead atoms. The quantitative estimate of drug-likeness (QED) is 0.558. The van der Waals surface area contributed by atoms with Gasteiger partial charge < -0.3 is 5.32 Å². The van der Waals surface area contributed by atoms with Gasteiger partial charge in [-0.1, -0.05) is 26.2 Å². The summed E-state index contributed by atoms with van der Waals surface area (Å²) in [6.45, 7) is 5.96. The molecule has 14 heavy (non-hydrogen) atoms. The molecule has 1 atom stereocenters. The average molecular weight is 218 g/mol. The van der Waals surface area contributed by atoms with E-state index in [1.54, 1.807) is 0 Å². The first kappa shape index (κ1) is 14.3. The van der Waals surface area contributed by atoms with Crippen molar-refractivity contribution in [1.29, 1.82) is 0 Å². The Kier molecular flexibility index (Phi) is 11.6. The Labute approximate surface area is 94.4 Å². The largest absolute Gasteiger partial charge is 0.344 e. The smallest absolute Gasteiger partial charge is 0.0830 e. The summed E-state index contributed by atoms with van der Waals surface area (Å²) in [4.78, 5) is 0. The molecule has 0 rings (SSSR count). The zero-order valence-electron chi connectivity index (χ0n) is 10.2. The van der Waals surface area contributed by atoms with Crippen LogP contribution in [0.3, 0.4) is 0 Å². The number of hydrogen-bond acceptors (Lipinski definition) is 1. The van der Waals surface area contributed by atoms with Crippen molar-refractivity contribution in [2.24, 2.45) is 0 Å². The number of hydrogen-bond donors (Lipinski definition) is 1. The van der Waals surface area contributed by atoms with E-state index < -0.39 is 0 Å². The number of unbranched alkanes of at least 4 members (excludes halogenated alkanes) is 3. The maximum Gasteiger partial charge on any atom is 0.0830 e. The topological polar surface area (TPSA) is 16.6 Å². The normalized spacial score (nSPS) is 13.1. The molecular weight excluding hydrogens is 190 g/mol. The second-order valence-electron chi connectivity index (χ2n) is 4.20. The summed E-state index contributed by atoms with van der Waals surface area (Å²) in [6, 6.07) is 0.841. The van der Waals surface area contributed by atoms with E-state index in [4.69, 9.17) is 0 Å². The molecule has 0 aliphatic rings. The van der Waals surface area contributed by atoms with Crippen LogP contribution in [0.4, 0.5) is 0 Å². The minimum Gasteiger partial charge on any atom is -0.344 e. The van der Waals surface area contributed by atoms with E-state index >= 15 is 0 Å². The Hall–Kier alpha value is 0.310. The van der Waals surface area contributed by atoms with Crippen LogP contribution in [0.15, 0.2) is 0 Å². The molecule has 0 saturated carbocycles. The molecule has 0 amide bonds. The summed E-state index contributed by atoms with van der Waals surface area (Å²) in [5.41, 5.74) is 0. The van der Waals surface area contributed by atoms with Crippen molar-refractivity contribution in [2.75, 3.05) is 18.6 Å². The number of quaternary nitrogens is 1. The molecule has 0 fully saturated rings. The van der Waals surface area contributed by atoms with Crippen LogP contribution in [0, 0.1) is 0 Å². The third kappa shape index (κ3) is 10.4. The summed E-state index contributed by atoms with van der Waals surface area (Å²) in [6.07, 6.45) is 10.6. The molecular formula is C12H28NS+. The van der Waals surface area contributed by atoms with E-state index in [9.17, 15) is 0 Å². The van der Waals surface area contributed by atoms with Crippen LogP contribution in [0.25, 0.3) is 0 Å². The first-order chi connectivity index (χ1) is 6.81. The van der Waals surface area contributed by atoms with Gasteiger partial charge in [-0.25, -0.2) is 0 Å². The zero-order chi connectivity index (χ0) is 10.6. The standard InChI is InChI=1S/C12H27NS/c1-4-5-6-7-9-12(2)13-10-8-11-14-3/h12-13H,4-11H2,1-3H3/p+1/t12-/m1/s1. The van der Waals surface area contributed by atoms with Gasteiger partial charge in [-0.3, -0.25) is 0 Å². The van der Waals surface area contributed by atoms with Crippen LogP contribution in [-0.4, -0.2) is 24.6 Å². The highest BCUT2D eigenvalue weighted by Crippen LogP contribution is 2.03. The highest BCUT2D eigenvalue weighted by atomic mass is 32.2. The van der Waals surface area contributed by atoms with Crippen molar-refractivity contribution in [3.63, 3.8) is 0 Å². The SMILES string of the molecule is CCCCCC[C@@H](C)[NH2+]CCCSC. The molecule has 2 N–H and O–H groups in total. The first-order valence-electron chi connectivity index (χ1n) is 6.13. The zero-order valence-corrected chi connectivity index (χ0v) is 11.0. The van der Waals surface area contributed by atoms with Gasteiger partial charge in [-0.2, -0.15) is 11.8 Å². The molecule has 0 aliphatic heterocycles. The molecule has 0 saturated heterocycles. The molecule has 86 valence electrons. The fourth-order valence-electron chi connectivity index (χ4n) is 1.64. The fraction of sp³-hybridized carbons (Fsp3) is 1.00. The van der Waals surface area contributed by atoms with E-state index in [1.165, 1.54) is 50.8 Å². The number of thioether (sulfide) groups is 1. The van der Waals surface area contributed by atoms with Crippen LogP contribution >= 0.6 is 11.8 Å². The lowest BCUT2D eigenvalue weighted by Gasteiger charge is -2.09. The van der Waals surface area contributed by atoms with Gasteiger partial charge in [-0.05, 0) is 31.8 Å². The van der Waals surface area contributed by atoms with Crippen LogP contribution in [0.1, 0.15) is 52.4 Å². The van der Waals surface area contributed by atoms with E-state index in [0.29, 0.717) is 0 Å². The number of nitrogens with two attached hydrogens (primary N) is 1. The van der Waals surface area contributed by atoms with Gasteiger partial charge in [-0.15, -0.1) is 0 Å². The molecule has 2 heteroatoms. The first-order valence-corrected chi connectivity index (χ1v) is 7.53. The monoisotopic (exact) mass is 218 g/mol. The van der Waals surface area contributed by atoms with E-state index in [0.717, 1.165) is 6.04 Å². The van der Waals surface area contributed by atoms with Gasteiger partial charge in [0, 0.05) is 6.42 Å². The predicted molar refractivity (Wildman–Crippen MR) is 68.0 cm³/mol. The van der Waals surface area contributed by atoms with Crippen molar-refractivity contribution in [2.45, 2.75) is 58.4 Å². The minimum atomic E-state index is 0.841. The molecule has 0 heterocycles. The van der Waals surface area contributed by atoms with Gasteiger partial charge in [0.15, 0.2) is 0 Å². The van der Waals surface area contributed by atoms with Gasteiger partial charge in [0.1, 0.15) is 0 Å². The van der Waals surface area contributed by atoms with Crippen LogP contribution in [-0.2, 0) is 0 Å². The van der Waals surface area contributed by atoms with Gasteiger partial charge >= 0.3 is 0 Å². The lowest BCUT2D eigenvalue weighted by atomic mass is 10.1. The lowest BCUT2D eigenvalue weighted by molar-refractivity contribution is -0.686. The van der Waals surface area contributed by atoms with Crippen LogP contribution in [0.5, 0.6) is 0 Å². The third-order valence-corrected chi connectivity index (χ3v) is 3.33. The van der Waals surface area contributed by atoms with Crippen molar-refractivity contribution in [3.05, 3.63) is 0 Å².